The second-order valence-electron chi connectivity index (χ2n) is 6.51. The number of aromatic amines is 1. The zero-order valence-electron chi connectivity index (χ0n) is 14.9. The first-order valence-electron chi connectivity index (χ1n) is 8.83. The molecule has 2 aromatic carbocycles. The number of benzene rings is 2. The Bertz CT molecular complexity index is 1160. The van der Waals surface area contributed by atoms with Crippen molar-refractivity contribution in [2.45, 2.75) is 17.7 Å². The van der Waals surface area contributed by atoms with Crippen LogP contribution in [0.5, 0.6) is 5.88 Å². The van der Waals surface area contributed by atoms with E-state index in [9.17, 15) is 18.3 Å². The number of aromatic hydroxyl groups is 1. The SMILES string of the molecule is O=C(N=Nc1c(O)[nH]c2ccccc12)c1ccc(S(=O)(=O)N2CCCC2)cc1. The van der Waals surface area contributed by atoms with Gasteiger partial charge in [-0.3, -0.25) is 4.79 Å². The number of rotatable bonds is 4. The Balaban J connectivity index is 1.55. The van der Waals surface area contributed by atoms with Gasteiger partial charge in [0.1, 0.15) is 0 Å². The molecule has 2 heterocycles. The van der Waals surface area contributed by atoms with Gasteiger partial charge in [-0.25, -0.2) is 8.42 Å². The van der Waals surface area contributed by atoms with E-state index >= 15 is 0 Å². The van der Waals surface area contributed by atoms with Crippen LogP contribution in [0.15, 0.2) is 63.7 Å². The first-order chi connectivity index (χ1) is 13.5. The molecular formula is C19H18N4O4S. The number of H-pyrrole nitrogens is 1. The summed E-state index contributed by atoms with van der Waals surface area (Å²) in [7, 11) is -3.53. The summed E-state index contributed by atoms with van der Waals surface area (Å²) in [6, 6.07) is 12.8. The number of azo groups is 1. The molecule has 1 aliphatic heterocycles. The Labute approximate surface area is 161 Å². The predicted molar refractivity (Wildman–Crippen MR) is 103 cm³/mol. The first kappa shape index (κ1) is 18.3. The lowest BCUT2D eigenvalue weighted by atomic mass is 10.2. The molecule has 28 heavy (non-hydrogen) atoms. The van der Waals surface area contributed by atoms with Crippen LogP contribution in [0.25, 0.3) is 10.9 Å². The lowest BCUT2D eigenvalue weighted by Crippen LogP contribution is -2.27. The van der Waals surface area contributed by atoms with E-state index in [2.05, 4.69) is 15.2 Å². The molecule has 0 bridgehead atoms. The number of para-hydroxylation sites is 1. The third-order valence-corrected chi connectivity index (χ3v) is 6.62. The Morgan fingerprint density at radius 2 is 1.71 bits per heavy atom. The molecule has 0 saturated carbocycles. The quantitative estimate of drug-likeness (QED) is 0.654. The second kappa shape index (κ2) is 7.17. The Kier molecular flexibility index (Phi) is 4.70. The number of aromatic nitrogens is 1. The summed E-state index contributed by atoms with van der Waals surface area (Å²) in [6.45, 7) is 1.04. The molecule has 0 spiro atoms. The summed E-state index contributed by atoms with van der Waals surface area (Å²) < 4.78 is 26.5. The zero-order valence-corrected chi connectivity index (χ0v) is 15.7. The molecule has 1 aliphatic rings. The minimum Gasteiger partial charge on any atom is -0.493 e. The van der Waals surface area contributed by atoms with Gasteiger partial charge in [0.2, 0.25) is 15.9 Å². The van der Waals surface area contributed by atoms with E-state index in [0.29, 0.717) is 24.0 Å². The average Bonchev–Trinajstić information content (AvgIpc) is 3.34. The first-order valence-corrected chi connectivity index (χ1v) is 10.3. The van der Waals surface area contributed by atoms with E-state index in [0.717, 1.165) is 12.8 Å². The molecule has 9 heteroatoms. The van der Waals surface area contributed by atoms with Crippen molar-refractivity contribution in [2.24, 2.45) is 10.2 Å². The van der Waals surface area contributed by atoms with Crippen molar-refractivity contribution in [1.82, 2.24) is 9.29 Å². The molecule has 4 rings (SSSR count). The van der Waals surface area contributed by atoms with Crippen molar-refractivity contribution >= 4 is 32.5 Å². The van der Waals surface area contributed by atoms with Gasteiger partial charge >= 0.3 is 0 Å². The van der Waals surface area contributed by atoms with Crippen molar-refractivity contribution in [1.29, 1.82) is 0 Å². The third kappa shape index (κ3) is 3.30. The van der Waals surface area contributed by atoms with Crippen molar-refractivity contribution in [2.75, 3.05) is 13.1 Å². The van der Waals surface area contributed by atoms with E-state index in [4.69, 9.17) is 0 Å². The summed E-state index contributed by atoms with van der Waals surface area (Å²) in [4.78, 5) is 15.2. The number of nitrogens with one attached hydrogen (secondary N) is 1. The molecule has 0 atom stereocenters. The van der Waals surface area contributed by atoms with Crippen LogP contribution in [0.3, 0.4) is 0 Å². The van der Waals surface area contributed by atoms with Crippen LogP contribution in [0.4, 0.5) is 5.69 Å². The molecule has 3 aromatic rings. The minimum absolute atomic E-state index is 0.150. The largest absolute Gasteiger partial charge is 0.493 e. The van der Waals surface area contributed by atoms with Crippen LogP contribution in [0.2, 0.25) is 0 Å². The highest BCUT2D eigenvalue weighted by Crippen LogP contribution is 2.35. The Morgan fingerprint density at radius 1 is 1.04 bits per heavy atom. The Morgan fingerprint density at radius 3 is 2.43 bits per heavy atom. The summed E-state index contributed by atoms with van der Waals surface area (Å²) in [5.74, 6) is -0.806. The van der Waals surface area contributed by atoms with Gasteiger partial charge in [-0.05, 0) is 43.2 Å². The number of amides is 1. The fraction of sp³-hybridized carbons (Fsp3) is 0.211. The molecule has 1 saturated heterocycles. The smallest absolute Gasteiger partial charge is 0.295 e. The molecule has 0 aliphatic carbocycles. The summed E-state index contributed by atoms with van der Waals surface area (Å²) in [5, 5.41) is 18.1. The van der Waals surface area contributed by atoms with Crippen LogP contribution in [-0.2, 0) is 10.0 Å². The maximum Gasteiger partial charge on any atom is 0.295 e. The highest BCUT2D eigenvalue weighted by atomic mass is 32.2. The Hall–Kier alpha value is -3.04. The monoisotopic (exact) mass is 398 g/mol. The van der Waals surface area contributed by atoms with Crippen LogP contribution >= 0.6 is 0 Å². The standard InChI is InChI=1S/C19H18N4O4S/c24-18(22-21-17-15-5-1-2-6-16(15)20-19(17)25)13-7-9-14(10-8-13)28(26,27)23-11-3-4-12-23/h1-2,5-10,20,25H,3-4,11-12H2. The number of carbonyl (C=O) groups excluding carboxylic acids is 1. The number of hydrogen-bond acceptors (Lipinski definition) is 5. The van der Waals surface area contributed by atoms with Crippen LogP contribution in [0, 0.1) is 0 Å². The topological polar surface area (TPSA) is 115 Å². The van der Waals surface area contributed by atoms with Crippen LogP contribution in [0.1, 0.15) is 23.2 Å². The zero-order chi connectivity index (χ0) is 19.7. The molecule has 8 nitrogen and oxygen atoms in total. The van der Waals surface area contributed by atoms with Gasteiger partial charge in [0.15, 0.2) is 5.69 Å². The third-order valence-electron chi connectivity index (χ3n) is 4.70. The number of fused-ring (bicyclic) bond motifs is 1. The van der Waals surface area contributed by atoms with Crippen molar-refractivity contribution in [3.8, 4) is 5.88 Å². The molecule has 0 radical (unpaired) electrons. The lowest BCUT2D eigenvalue weighted by molar-refractivity contribution is 0.0995. The van der Waals surface area contributed by atoms with Gasteiger partial charge in [-0.15, -0.1) is 10.2 Å². The van der Waals surface area contributed by atoms with Crippen LogP contribution < -0.4 is 0 Å². The molecule has 144 valence electrons. The lowest BCUT2D eigenvalue weighted by Gasteiger charge is -2.15. The normalized spacial score (nSPS) is 15.6. The predicted octanol–water partition coefficient (Wildman–Crippen LogP) is 3.58. The van der Waals surface area contributed by atoms with Gasteiger partial charge in [-0.1, -0.05) is 18.2 Å². The molecular weight excluding hydrogens is 380 g/mol. The fourth-order valence-corrected chi connectivity index (χ4v) is 4.73. The van der Waals surface area contributed by atoms with Crippen molar-refractivity contribution in [3.05, 3.63) is 54.1 Å². The van der Waals surface area contributed by atoms with E-state index in [1.165, 1.54) is 28.6 Å². The number of hydrogen-bond donors (Lipinski definition) is 2. The summed E-state index contributed by atoms with van der Waals surface area (Å²) >= 11 is 0. The second-order valence-corrected chi connectivity index (χ2v) is 8.45. The highest BCUT2D eigenvalue weighted by molar-refractivity contribution is 7.89. The number of carbonyl (C=O) groups is 1. The summed E-state index contributed by atoms with van der Waals surface area (Å²) in [6.07, 6.45) is 1.72. The maximum atomic E-state index is 12.5. The molecule has 0 unspecified atom stereocenters. The average molecular weight is 398 g/mol. The molecule has 1 aromatic heterocycles. The fourth-order valence-electron chi connectivity index (χ4n) is 3.21. The maximum absolute atomic E-state index is 12.5. The van der Waals surface area contributed by atoms with Gasteiger partial charge in [0.25, 0.3) is 5.91 Å². The van der Waals surface area contributed by atoms with Crippen molar-refractivity contribution in [3.63, 3.8) is 0 Å². The minimum atomic E-state index is -3.53. The van der Waals surface area contributed by atoms with E-state index < -0.39 is 15.9 Å². The molecule has 2 N–H and O–H groups in total. The summed E-state index contributed by atoms with van der Waals surface area (Å²) in [5.41, 5.74) is 1.07. The van der Waals surface area contributed by atoms with Gasteiger partial charge in [0.05, 0.1) is 10.4 Å². The van der Waals surface area contributed by atoms with E-state index in [1.807, 2.05) is 6.07 Å². The van der Waals surface area contributed by atoms with E-state index in [1.54, 1.807) is 18.2 Å². The van der Waals surface area contributed by atoms with Gasteiger partial charge < -0.3 is 10.1 Å². The highest BCUT2D eigenvalue weighted by Gasteiger charge is 2.27. The van der Waals surface area contributed by atoms with Gasteiger partial charge in [0, 0.05) is 24.0 Å². The van der Waals surface area contributed by atoms with E-state index in [-0.39, 0.29) is 22.0 Å². The van der Waals surface area contributed by atoms with Crippen LogP contribution in [-0.4, -0.2) is 41.8 Å². The molecule has 1 fully saturated rings. The molecule has 1 amide bonds. The number of sulfonamides is 1. The number of nitrogens with zero attached hydrogens (tertiary/aromatic N) is 3. The van der Waals surface area contributed by atoms with Crippen molar-refractivity contribution < 1.29 is 18.3 Å². The van der Waals surface area contributed by atoms with Gasteiger partial charge in [-0.2, -0.15) is 4.31 Å².